The van der Waals surface area contributed by atoms with Crippen LogP contribution in [0.3, 0.4) is 0 Å². The summed E-state index contributed by atoms with van der Waals surface area (Å²) in [5.41, 5.74) is 1.40. The van der Waals surface area contributed by atoms with E-state index in [1.165, 1.54) is 16.4 Å². The molecule has 0 aliphatic carbocycles. The maximum absolute atomic E-state index is 12.1. The van der Waals surface area contributed by atoms with E-state index in [0.29, 0.717) is 21.6 Å². The fourth-order valence-corrected chi connectivity index (χ4v) is 2.94. The van der Waals surface area contributed by atoms with Crippen LogP contribution in [-0.2, 0) is 4.79 Å². The van der Waals surface area contributed by atoms with Crippen LogP contribution in [0.25, 0.3) is 5.69 Å². The van der Waals surface area contributed by atoms with Crippen LogP contribution in [0.1, 0.15) is 0 Å². The van der Waals surface area contributed by atoms with Gasteiger partial charge in [0.2, 0.25) is 11.1 Å². The van der Waals surface area contributed by atoms with Gasteiger partial charge in [-0.15, -0.1) is 5.10 Å². The van der Waals surface area contributed by atoms with Crippen LogP contribution in [0.5, 0.6) is 5.75 Å². The van der Waals surface area contributed by atoms with Crippen molar-refractivity contribution >= 4 is 35.0 Å². The number of amides is 1. The molecule has 3 aromatic rings. The molecule has 2 aromatic carbocycles. The lowest BCUT2D eigenvalue weighted by Crippen LogP contribution is -2.14. The van der Waals surface area contributed by atoms with E-state index in [1.807, 2.05) is 18.2 Å². The summed E-state index contributed by atoms with van der Waals surface area (Å²) in [7, 11) is 1.58. The van der Waals surface area contributed by atoms with E-state index in [9.17, 15) is 4.79 Å². The van der Waals surface area contributed by atoms with Gasteiger partial charge in [0.25, 0.3) is 0 Å². The fraction of sp³-hybridized carbons (Fsp3) is 0.125. The number of aromatic nitrogens is 4. The van der Waals surface area contributed by atoms with Crippen molar-refractivity contribution in [2.45, 2.75) is 5.16 Å². The van der Waals surface area contributed by atoms with E-state index in [-0.39, 0.29) is 11.7 Å². The number of tetrazole rings is 1. The smallest absolute Gasteiger partial charge is 0.234 e. The number of hydrogen-bond acceptors (Lipinski definition) is 6. The number of rotatable bonds is 6. The molecule has 0 unspecified atom stereocenters. The summed E-state index contributed by atoms with van der Waals surface area (Å²) in [6, 6.07) is 14.3. The molecule has 9 heteroatoms. The minimum atomic E-state index is -0.168. The second kappa shape index (κ2) is 8.00. The Morgan fingerprint density at radius 1 is 1.28 bits per heavy atom. The van der Waals surface area contributed by atoms with Crippen molar-refractivity contribution in [1.29, 1.82) is 0 Å². The molecule has 3 rings (SSSR count). The lowest BCUT2D eigenvalue weighted by atomic mass is 10.3. The van der Waals surface area contributed by atoms with Gasteiger partial charge < -0.3 is 10.1 Å². The highest BCUT2D eigenvalue weighted by Crippen LogP contribution is 2.21. The molecule has 1 aromatic heterocycles. The fourth-order valence-electron chi connectivity index (χ4n) is 2.07. The summed E-state index contributed by atoms with van der Waals surface area (Å²) in [5.74, 6) is 0.673. The third-order valence-electron chi connectivity index (χ3n) is 3.18. The van der Waals surface area contributed by atoms with Gasteiger partial charge in [0.15, 0.2) is 0 Å². The van der Waals surface area contributed by atoms with E-state index in [0.717, 1.165) is 5.69 Å². The summed E-state index contributed by atoms with van der Waals surface area (Å²) in [5, 5.41) is 15.4. The normalized spacial score (nSPS) is 10.5. The largest absolute Gasteiger partial charge is 0.497 e. The Bertz CT molecular complexity index is 886. The van der Waals surface area contributed by atoms with E-state index >= 15 is 0 Å². The Hall–Kier alpha value is -2.58. The Labute approximate surface area is 153 Å². The Morgan fingerprint density at radius 3 is 2.92 bits per heavy atom. The van der Waals surface area contributed by atoms with Crippen molar-refractivity contribution in [2.75, 3.05) is 18.2 Å². The molecular weight excluding hydrogens is 362 g/mol. The van der Waals surface area contributed by atoms with Crippen LogP contribution in [0.15, 0.2) is 53.7 Å². The van der Waals surface area contributed by atoms with Crippen molar-refractivity contribution in [3.63, 3.8) is 0 Å². The van der Waals surface area contributed by atoms with Crippen LogP contribution in [-0.4, -0.2) is 39.0 Å². The number of nitrogens with zero attached hydrogens (tertiary/aromatic N) is 4. The Kier molecular flexibility index (Phi) is 5.52. The number of carbonyl (C=O) groups is 1. The van der Waals surface area contributed by atoms with Gasteiger partial charge in [-0.25, -0.2) is 0 Å². The monoisotopic (exact) mass is 375 g/mol. The third kappa shape index (κ3) is 4.49. The zero-order valence-corrected chi connectivity index (χ0v) is 14.8. The number of methoxy groups -OCH3 is 1. The molecule has 1 amide bonds. The summed E-state index contributed by atoms with van der Waals surface area (Å²) < 4.78 is 6.67. The predicted octanol–water partition coefficient (Wildman–Crippen LogP) is 3.06. The third-order valence-corrected chi connectivity index (χ3v) is 4.33. The van der Waals surface area contributed by atoms with E-state index in [4.69, 9.17) is 16.3 Å². The Morgan fingerprint density at radius 2 is 2.12 bits per heavy atom. The molecule has 0 aliphatic heterocycles. The van der Waals surface area contributed by atoms with Crippen molar-refractivity contribution in [3.8, 4) is 11.4 Å². The Balaban J connectivity index is 1.64. The van der Waals surface area contributed by atoms with Gasteiger partial charge >= 0.3 is 0 Å². The first-order valence-electron chi connectivity index (χ1n) is 7.27. The first-order chi connectivity index (χ1) is 12.2. The first-order valence-corrected chi connectivity index (χ1v) is 8.63. The van der Waals surface area contributed by atoms with Crippen LogP contribution in [0.4, 0.5) is 5.69 Å². The number of hydrogen-bond donors (Lipinski definition) is 1. The molecule has 0 saturated carbocycles. The number of carbonyl (C=O) groups excluding carboxylic acids is 1. The quantitative estimate of drug-likeness (QED) is 0.667. The summed E-state index contributed by atoms with van der Waals surface area (Å²) >= 11 is 7.23. The number of thioether (sulfide) groups is 1. The molecule has 0 atom stereocenters. The molecule has 7 nitrogen and oxygen atoms in total. The van der Waals surface area contributed by atoms with Gasteiger partial charge in [0.1, 0.15) is 5.75 Å². The lowest BCUT2D eigenvalue weighted by molar-refractivity contribution is -0.113. The molecule has 1 heterocycles. The topological polar surface area (TPSA) is 81.9 Å². The number of anilines is 1. The van der Waals surface area contributed by atoms with Crippen LogP contribution in [0.2, 0.25) is 5.02 Å². The second-order valence-electron chi connectivity index (χ2n) is 4.92. The maximum atomic E-state index is 12.1. The molecule has 25 heavy (non-hydrogen) atoms. The van der Waals surface area contributed by atoms with Crippen LogP contribution in [0, 0.1) is 0 Å². The first kappa shape index (κ1) is 17.2. The van der Waals surface area contributed by atoms with Crippen molar-refractivity contribution in [1.82, 2.24) is 20.2 Å². The summed E-state index contributed by atoms with van der Waals surface area (Å²) in [6.45, 7) is 0. The van der Waals surface area contributed by atoms with E-state index < -0.39 is 0 Å². The van der Waals surface area contributed by atoms with Crippen molar-refractivity contribution in [3.05, 3.63) is 53.6 Å². The highest BCUT2D eigenvalue weighted by atomic mass is 35.5. The van der Waals surface area contributed by atoms with E-state index in [1.54, 1.807) is 37.4 Å². The number of nitrogens with one attached hydrogen (secondary N) is 1. The molecule has 128 valence electrons. The van der Waals surface area contributed by atoms with Gasteiger partial charge in [0, 0.05) is 16.8 Å². The maximum Gasteiger partial charge on any atom is 0.234 e. The SMILES string of the molecule is COc1cccc(NC(=O)CSc2nnnn2-c2cccc(Cl)c2)c1. The number of benzene rings is 2. The van der Waals surface area contributed by atoms with Gasteiger partial charge in [-0.2, -0.15) is 4.68 Å². The molecule has 1 N–H and O–H groups in total. The number of ether oxygens (including phenoxy) is 1. The van der Waals surface area contributed by atoms with Gasteiger partial charge in [-0.3, -0.25) is 4.79 Å². The second-order valence-corrected chi connectivity index (χ2v) is 6.30. The minimum absolute atomic E-state index is 0.165. The highest BCUT2D eigenvalue weighted by Gasteiger charge is 2.12. The highest BCUT2D eigenvalue weighted by molar-refractivity contribution is 7.99. The molecule has 0 saturated heterocycles. The summed E-state index contributed by atoms with van der Waals surface area (Å²) in [4.78, 5) is 12.1. The average molecular weight is 376 g/mol. The molecule has 0 radical (unpaired) electrons. The van der Waals surface area contributed by atoms with Gasteiger partial charge in [-0.1, -0.05) is 35.5 Å². The van der Waals surface area contributed by atoms with Gasteiger partial charge in [0.05, 0.1) is 18.6 Å². The predicted molar refractivity (Wildman–Crippen MR) is 96.5 cm³/mol. The standard InChI is InChI=1S/C16H14ClN5O2S/c1-24-14-7-3-5-12(9-14)18-15(23)10-25-16-19-20-21-22(16)13-6-2-4-11(17)8-13/h2-9H,10H2,1H3,(H,18,23). The van der Waals surface area contributed by atoms with Crippen LogP contribution < -0.4 is 10.1 Å². The molecular formula is C16H14ClN5O2S. The van der Waals surface area contributed by atoms with Gasteiger partial charge in [-0.05, 0) is 40.8 Å². The summed E-state index contributed by atoms with van der Waals surface area (Å²) in [6.07, 6.45) is 0. The zero-order chi connectivity index (χ0) is 17.6. The minimum Gasteiger partial charge on any atom is -0.497 e. The number of halogens is 1. The zero-order valence-electron chi connectivity index (χ0n) is 13.2. The molecule has 0 bridgehead atoms. The molecule has 0 fully saturated rings. The van der Waals surface area contributed by atoms with Crippen molar-refractivity contribution < 1.29 is 9.53 Å². The lowest BCUT2D eigenvalue weighted by Gasteiger charge is -2.07. The average Bonchev–Trinajstić information content (AvgIpc) is 3.09. The molecule has 0 spiro atoms. The van der Waals surface area contributed by atoms with Crippen molar-refractivity contribution in [2.24, 2.45) is 0 Å². The molecule has 0 aliphatic rings. The van der Waals surface area contributed by atoms with Crippen LogP contribution >= 0.6 is 23.4 Å². The van der Waals surface area contributed by atoms with E-state index in [2.05, 4.69) is 20.8 Å².